The van der Waals surface area contributed by atoms with Crippen LogP contribution in [0.3, 0.4) is 0 Å². The molecule has 0 radical (unpaired) electrons. The van der Waals surface area contributed by atoms with Crippen LogP contribution in [-0.4, -0.2) is 56.1 Å². The monoisotopic (exact) mass is 594 g/mol. The van der Waals surface area contributed by atoms with Gasteiger partial charge in [-0.25, -0.2) is 0 Å². The number of carbonyl (C=O) groups is 1. The lowest BCUT2D eigenvalue weighted by Gasteiger charge is -2.24. The number of anilines is 1. The number of rotatable bonds is 9. The zero-order chi connectivity index (χ0) is 30.2. The number of pyridine rings is 2. The van der Waals surface area contributed by atoms with Gasteiger partial charge in [0, 0.05) is 35.5 Å². The molecule has 0 unspecified atom stereocenters. The van der Waals surface area contributed by atoms with E-state index in [2.05, 4.69) is 15.1 Å². The number of aromatic nitrogens is 3. The van der Waals surface area contributed by atoms with E-state index in [0.29, 0.717) is 40.1 Å². The molecule has 0 bridgehead atoms. The number of ether oxygens (including phenoxy) is 2. The second-order valence-corrected chi connectivity index (χ2v) is 11.0. The van der Waals surface area contributed by atoms with E-state index in [0.717, 1.165) is 25.3 Å². The van der Waals surface area contributed by atoms with E-state index < -0.39 is 45.6 Å². The number of hydrogen-bond acceptors (Lipinski definition) is 10. The topological polar surface area (TPSA) is 134 Å². The average Bonchev–Trinajstić information content (AvgIpc) is 3.41. The van der Waals surface area contributed by atoms with Crippen LogP contribution in [0.5, 0.6) is 11.5 Å². The molecule has 0 aliphatic heterocycles. The highest BCUT2D eigenvalue weighted by atomic mass is 32.2. The third-order valence-electron chi connectivity index (χ3n) is 6.13. The summed E-state index contributed by atoms with van der Waals surface area (Å²) in [7, 11) is -1.22. The molecule has 4 rings (SSSR count). The molecule has 0 N–H and O–H groups in total. The summed E-state index contributed by atoms with van der Waals surface area (Å²) in [6.07, 6.45) is -1.43. The lowest BCUT2D eigenvalue weighted by atomic mass is 9.89. The Morgan fingerprint density at radius 3 is 2.27 bits per heavy atom. The van der Waals surface area contributed by atoms with Gasteiger partial charge < -0.3 is 14.0 Å². The Hall–Kier alpha value is -4.24. The van der Waals surface area contributed by atoms with E-state index >= 15 is 0 Å². The van der Waals surface area contributed by atoms with Crippen LogP contribution in [0.4, 0.5) is 19.0 Å². The maximum Gasteiger partial charge on any atom is 0.401 e. The van der Waals surface area contributed by atoms with E-state index in [1.165, 1.54) is 20.4 Å². The van der Waals surface area contributed by atoms with Crippen LogP contribution in [0.25, 0.3) is 22.2 Å². The van der Waals surface area contributed by atoms with Crippen molar-refractivity contribution in [3.8, 4) is 22.8 Å². The zero-order valence-electron chi connectivity index (χ0n) is 22.5. The summed E-state index contributed by atoms with van der Waals surface area (Å²) in [5, 5.41) is 4.50. The van der Waals surface area contributed by atoms with Crippen molar-refractivity contribution in [1.29, 1.82) is 0 Å². The first kappa shape index (κ1) is 29.7. The zero-order valence-corrected chi connectivity index (χ0v) is 23.3. The van der Waals surface area contributed by atoms with Gasteiger partial charge in [-0.15, -0.1) is 9.35 Å². The van der Waals surface area contributed by atoms with Crippen molar-refractivity contribution in [1.82, 2.24) is 15.1 Å². The van der Waals surface area contributed by atoms with Crippen LogP contribution in [0, 0.1) is 0 Å². The van der Waals surface area contributed by atoms with Crippen molar-refractivity contribution in [3.05, 3.63) is 60.1 Å². The Labute approximate surface area is 232 Å². The van der Waals surface area contributed by atoms with Gasteiger partial charge in [-0.3, -0.25) is 14.8 Å². The number of hydroxylamine groups is 1. The molecular weight excluding hydrogens is 569 g/mol. The maximum absolute atomic E-state index is 13.4. The largest absolute Gasteiger partial charge is 0.493 e. The standard InChI is InChI=1S/C26H25F3N4O7S/c1-25(2,26(27,28)29)22-12-23(32-39-22)33(40-41(5,35)36)24(34)8-15-6-7-18(30-13-15)17-9-16-10-20(37-3)21(38-4)11-19(16)31-14-17/h6-7,9-14H,8H2,1-5H3. The summed E-state index contributed by atoms with van der Waals surface area (Å²) < 4.78 is 84.1. The maximum atomic E-state index is 13.4. The van der Waals surface area contributed by atoms with E-state index in [4.69, 9.17) is 18.3 Å². The van der Waals surface area contributed by atoms with Gasteiger partial charge in [0.2, 0.25) is 5.82 Å². The van der Waals surface area contributed by atoms with Crippen LogP contribution in [0.15, 0.2) is 53.3 Å². The molecule has 0 saturated heterocycles. The fourth-order valence-electron chi connectivity index (χ4n) is 3.68. The van der Waals surface area contributed by atoms with Crippen LogP contribution in [0.2, 0.25) is 0 Å². The highest BCUT2D eigenvalue weighted by Gasteiger charge is 2.51. The highest BCUT2D eigenvalue weighted by molar-refractivity contribution is 7.86. The molecule has 15 heteroatoms. The minimum absolute atomic E-state index is 0.275. The van der Waals surface area contributed by atoms with Crippen molar-refractivity contribution in [2.75, 3.05) is 25.5 Å². The number of fused-ring (bicyclic) bond motifs is 1. The minimum Gasteiger partial charge on any atom is -0.493 e. The molecular formula is C26H25F3N4O7S. The quantitative estimate of drug-likeness (QED) is 0.253. The summed E-state index contributed by atoms with van der Waals surface area (Å²) in [4.78, 5) is 21.8. The van der Waals surface area contributed by atoms with E-state index in [1.54, 1.807) is 30.5 Å². The Balaban J connectivity index is 1.57. The van der Waals surface area contributed by atoms with Crippen molar-refractivity contribution < 1.29 is 44.7 Å². The van der Waals surface area contributed by atoms with Gasteiger partial charge in [0.15, 0.2) is 17.3 Å². The molecule has 4 aromatic rings. The molecule has 0 aliphatic rings. The molecule has 0 fully saturated rings. The average molecular weight is 595 g/mol. The first-order valence-corrected chi connectivity index (χ1v) is 13.7. The van der Waals surface area contributed by atoms with Crippen molar-refractivity contribution >= 4 is 32.7 Å². The molecule has 41 heavy (non-hydrogen) atoms. The Bertz CT molecular complexity index is 1690. The Morgan fingerprint density at radius 2 is 1.68 bits per heavy atom. The molecule has 3 aromatic heterocycles. The normalized spacial score (nSPS) is 12.4. The third-order valence-corrected chi connectivity index (χ3v) is 6.55. The predicted molar refractivity (Wildman–Crippen MR) is 141 cm³/mol. The van der Waals surface area contributed by atoms with Gasteiger partial charge in [-0.05, 0) is 37.6 Å². The van der Waals surface area contributed by atoms with Gasteiger partial charge >= 0.3 is 6.18 Å². The molecule has 0 aliphatic carbocycles. The smallest absolute Gasteiger partial charge is 0.401 e. The summed E-state index contributed by atoms with van der Waals surface area (Å²) in [5.41, 5.74) is -0.223. The minimum atomic E-state index is -4.71. The summed E-state index contributed by atoms with van der Waals surface area (Å²) in [6.45, 7) is 1.71. The lowest BCUT2D eigenvalue weighted by Crippen LogP contribution is -2.36. The number of carbonyl (C=O) groups excluding carboxylic acids is 1. The fraction of sp³-hybridized carbons (Fsp3) is 0.308. The SMILES string of the molecule is COc1cc2cc(-c3ccc(CC(=O)N(OS(C)(=O)=O)c4cc(C(C)(C)C(F)(F)F)on4)cn3)cnc2cc1OC. The van der Waals surface area contributed by atoms with E-state index in [1.807, 2.05) is 6.07 Å². The molecule has 3 heterocycles. The first-order valence-electron chi connectivity index (χ1n) is 11.9. The highest BCUT2D eigenvalue weighted by Crippen LogP contribution is 2.41. The number of nitrogens with zero attached hydrogens (tertiary/aromatic N) is 4. The van der Waals surface area contributed by atoms with E-state index in [-0.39, 0.29) is 5.06 Å². The molecule has 218 valence electrons. The third kappa shape index (κ3) is 6.41. The molecule has 0 spiro atoms. The lowest BCUT2D eigenvalue weighted by molar-refractivity contribution is -0.185. The van der Waals surface area contributed by atoms with Crippen LogP contribution in [0.1, 0.15) is 25.2 Å². The summed E-state index contributed by atoms with van der Waals surface area (Å²) in [5.74, 6) is -1.08. The molecule has 1 aromatic carbocycles. The molecule has 11 nitrogen and oxygen atoms in total. The number of hydrogen-bond donors (Lipinski definition) is 0. The molecule has 0 atom stereocenters. The van der Waals surface area contributed by atoms with Crippen LogP contribution >= 0.6 is 0 Å². The van der Waals surface area contributed by atoms with Gasteiger partial charge in [0.05, 0.1) is 38.1 Å². The van der Waals surface area contributed by atoms with Gasteiger partial charge in [-0.1, -0.05) is 11.2 Å². The Kier molecular flexibility index (Phi) is 7.96. The Morgan fingerprint density at radius 1 is 1.00 bits per heavy atom. The van der Waals surface area contributed by atoms with Crippen LogP contribution in [-0.2, 0) is 31.0 Å². The first-order chi connectivity index (χ1) is 19.1. The number of alkyl halides is 3. The van der Waals surface area contributed by atoms with E-state index in [9.17, 15) is 26.4 Å². The molecule has 1 amide bonds. The van der Waals surface area contributed by atoms with Gasteiger partial charge in [0.25, 0.3) is 16.0 Å². The van der Waals surface area contributed by atoms with Gasteiger partial charge in [0.1, 0.15) is 5.41 Å². The predicted octanol–water partition coefficient (Wildman–Crippen LogP) is 4.61. The number of methoxy groups -OCH3 is 2. The second kappa shape index (κ2) is 11.0. The number of halogens is 3. The fourth-order valence-corrected chi connectivity index (χ4v) is 4.11. The number of benzene rings is 1. The van der Waals surface area contributed by atoms with Crippen molar-refractivity contribution in [2.24, 2.45) is 0 Å². The summed E-state index contributed by atoms with van der Waals surface area (Å²) in [6, 6.07) is 9.39. The number of amides is 1. The summed E-state index contributed by atoms with van der Waals surface area (Å²) >= 11 is 0. The second-order valence-electron chi connectivity index (χ2n) is 9.49. The van der Waals surface area contributed by atoms with Gasteiger partial charge in [-0.2, -0.15) is 21.6 Å². The van der Waals surface area contributed by atoms with Crippen LogP contribution < -0.4 is 14.5 Å². The van der Waals surface area contributed by atoms with Crippen molar-refractivity contribution in [3.63, 3.8) is 0 Å². The van der Waals surface area contributed by atoms with Crippen molar-refractivity contribution in [2.45, 2.75) is 31.9 Å². The molecule has 0 saturated carbocycles.